The highest BCUT2D eigenvalue weighted by molar-refractivity contribution is 9.10. The van der Waals surface area contributed by atoms with Gasteiger partial charge in [0, 0.05) is 0 Å². The maximum atomic E-state index is 13.3. The lowest BCUT2D eigenvalue weighted by Gasteiger charge is -2.18. The summed E-state index contributed by atoms with van der Waals surface area (Å²) in [6.07, 6.45) is -4.22. The van der Waals surface area contributed by atoms with Crippen molar-refractivity contribution in [1.82, 2.24) is 29.5 Å². The molecule has 0 radical (unpaired) electrons. The van der Waals surface area contributed by atoms with Crippen molar-refractivity contribution in [2.45, 2.75) is 12.1 Å². The number of aromatic nitrogens is 6. The first-order valence-corrected chi connectivity index (χ1v) is 5.41. The van der Waals surface area contributed by atoms with Crippen molar-refractivity contribution in [1.29, 1.82) is 0 Å². The number of nitrogens with zero attached hydrogens (tertiary/aromatic N) is 6. The molecule has 20 heavy (non-hydrogen) atoms. The molecular weight excluding hydrogens is 359 g/mol. The lowest BCUT2D eigenvalue weighted by molar-refractivity contribution is -0.293. The van der Waals surface area contributed by atoms with Crippen molar-refractivity contribution < 1.29 is 26.7 Å². The average molecular weight is 361 g/mol. The van der Waals surface area contributed by atoms with Crippen molar-refractivity contribution >= 4 is 22.0 Å². The van der Waals surface area contributed by atoms with Crippen LogP contribution in [0.5, 0.6) is 0 Å². The molecule has 0 unspecified atom stereocenters. The molecule has 0 atom stereocenters. The molecule has 0 bridgehead atoms. The van der Waals surface area contributed by atoms with E-state index < -0.39 is 28.7 Å². The van der Waals surface area contributed by atoms with Gasteiger partial charge in [0.1, 0.15) is 12.7 Å². The summed E-state index contributed by atoms with van der Waals surface area (Å²) in [6, 6.07) is -1.39. The van der Waals surface area contributed by atoms with E-state index >= 15 is 0 Å². The summed E-state index contributed by atoms with van der Waals surface area (Å²) in [4.78, 5) is 18.0. The molecule has 0 aromatic carbocycles. The summed E-state index contributed by atoms with van der Waals surface area (Å²) in [6.45, 7) is 0. The maximum absolute atomic E-state index is 13.3. The van der Waals surface area contributed by atoms with E-state index in [0.29, 0.717) is 4.68 Å². The fourth-order valence-corrected chi connectivity index (χ4v) is 1.48. The second-order valence-electron chi connectivity index (χ2n) is 3.31. The minimum atomic E-state index is -5.93. The molecule has 0 saturated carbocycles. The molecule has 7 nitrogen and oxygen atoms in total. The van der Waals surface area contributed by atoms with Gasteiger partial charge in [0.05, 0.1) is 0 Å². The standard InChI is InChI=1S/C7H2BrF5N6O/c8-4-16-3(6(9,10)7(11,12)13)19(17-4)5(20)18-2-14-1-15-18/h1-2H. The number of hydrogen-bond donors (Lipinski definition) is 0. The Bertz CT molecular complexity index is 635. The van der Waals surface area contributed by atoms with Gasteiger partial charge in [-0.2, -0.15) is 41.4 Å². The van der Waals surface area contributed by atoms with Crippen molar-refractivity contribution in [2.75, 3.05) is 0 Å². The van der Waals surface area contributed by atoms with Crippen LogP contribution in [0, 0.1) is 0 Å². The fraction of sp³-hybridized carbons (Fsp3) is 0.286. The van der Waals surface area contributed by atoms with Crippen LogP contribution in [0.2, 0.25) is 0 Å². The van der Waals surface area contributed by atoms with Crippen LogP contribution in [0.4, 0.5) is 26.7 Å². The zero-order valence-electron chi connectivity index (χ0n) is 9.01. The molecular formula is C7H2BrF5N6O. The van der Waals surface area contributed by atoms with Crippen LogP contribution in [-0.4, -0.2) is 41.7 Å². The molecule has 0 saturated heterocycles. The van der Waals surface area contributed by atoms with E-state index in [-0.39, 0.29) is 4.68 Å². The van der Waals surface area contributed by atoms with Gasteiger partial charge in [-0.25, -0.2) is 9.78 Å². The molecule has 2 heterocycles. The smallest absolute Gasteiger partial charge is 0.243 e. The third-order valence-electron chi connectivity index (χ3n) is 2.01. The normalized spacial score (nSPS) is 12.7. The SMILES string of the molecule is O=C(n1cncn1)n1nc(Br)nc1C(F)(F)C(F)(F)F. The Morgan fingerprint density at radius 2 is 1.90 bits per heavy atom. The molecule has 0 N–H and O–H groups in total. The van der Waals surface area contributed by atoms with Crippen LogP contribution >= 0.6 is 15.9 Å². The molecule has 2 aromatic heterocycles. The van der Waals surface area contributed by atoms with E-state index in [1.54, 1.807) is 0 Å². The van der Waals surface area contributed by atoms with Crippen molar-refractivity contribution in [2.24, 2.45) is 0 Å². The summed E-state index contributed by atoms with van der Waals surface area (Å²) < 4.78 is 63.1. The molecule has 0 aliphatic heterocycles. The predicted octanol–water partition coefficient (Wildman–Crippen LogP) is 1.80. The van der Waals surface area contributed by atoms with E-state index in [1.807, 2.05) is 0 Å². The first kappa shape index (κ1) is 14.5. The van der Waals surface area contributed by atoms with E-state index in [0.717, 1.165) is 12.7 Å². The number of hydrogen-bond acceptors (Lipinski definition) is 5. The molecule has 0 fully saturated rings. The van der Waals surface area contributed by atoms with E-state index in [2.05, 4.69) is 36.1 Å². The monoisotopic (exact) mass is 360 g/mol. The number of carbonyl (C=O) groups is 1. The molecule has 2 aromatic rings. The van der Waals surface area contributed by atoms with Gasteiger partial charge in [-0.05, 0) is 15.9 Å². The van der Waals surface area contributed by atoms with E-state index in [4.69, 9.17) is 0 Å². The molecule has 13 heteroatoms. The lowest BCUT2D eigenvalue weighted by atomic mass is 10.3. The van der Waals surface area contributed by atoms with Crippen molar-refractivity contribution in [3.05, 3.63) is 23.2 Å². The van der Waals surface area contributed by atoms with Crippen molar-refractivity contribution in [3.63, 3.8) is 0 Å². The van der Waals surface area contributed by atoms with E-state index in [1.165, 1.54) is 0 Å². The Hall–Kier alpha value is -1.92. The Kier molecular flexibility index (Phi) is 3.31. The highest BCUT2D eigenvalue weighted by Crippen LogP contribution is 2.43. The summed E-state index contributed by atoms with van der Waals surface area (Å²) in [7, 11) is 0. The number of rotatable bonds is 1. The first-order valence-electron chi connectivity index (χ1n) is 4.61. The Morgan fingerprint density at radius 1 is 1.25 bits per heavy atom. The highest BCUT2D eigenvalue weighted by Gasteiger charge is 2.62. The van der Waals surface area contributed by atoms with E-state index in [9.17, 15) is 26.7 Å². The van der Waals surface area contributed by atoms with Crippen LogP contribution in [0.25, 0.3) is 0 Å². The Balaban J connectivity index is 2.55. The summed E-state index contributed by atoms with van der Waals surface area (Å²) in [5.74, 6) is -7.24. The third kappa shape index (κ3) is 2.28. The molecule has 0 amide bonds. The number of carbonyl (C=O) groups excluding carboxylic acids is 1. The highest BCUT2D eigenvalue weighted by atomic mass is 79.9. The summed E-state index contributed by atoms with van der Waals surface area (Å²) >= 11 is 2.53. The van der Waals surface area contributed by atoms with Crippen LogP contribution in [0.1, 0.15) is 5.82 Å². The van der Waals surface area contributed by atoms with Gasteiger partial charge in [0.2, 0.25) is 10.6 Å². The quantitative estimate of drug-likeness (QED) is 0.724. The lowest BCUT2D eigenvalue weighted by Crippen LogP contribution is -2.38. The van der Waals surface area contributed by atoms with Crippen molar-refractivity contribution in [3.8, 4) is 0 Å². The summed E-state index contributed by atoms with van der Waals surface area (Å²) in [5, 5.41) is 6.46. The van der Waals surface area contributed by atoms with Gasteiger partial charge in [-0.3, -0.25) is 0 Å². The fourth-order valence-electron chi connectivity index (χ4n) is 1.15. The van der Waals surface area contributed by atoms with Gasteiger partial charge in [-0.1, -0.05) is 0 Å². The zero-order chi connectivity index (χ0) is 15.1. The molecule has 0 aliphatic carbocycles. The summed E-state index contributed by atoms with van der Waals surface area (Å²) in [5.41, 5.74) is 0. The van der Waals surface area contributed by atoms with Crippen LogP contribution in [-0.2, 0) is 5.92 Å². The zero-order valence-corrected chi connectivity index (χ0v) is 10.6. The maximum Gasteiger partial charge on any atom is 0.461 e. The average Bonchev–Trinajstić information content (AvgIpc) is 2.95. The largest absolute Gasteiger partial charge is 0.461 e. The van der Waals surface area contributed by atoms with Gasteiger partial charge in [0.25, 0.3) is 0 Å². The third-order valence-corrected chi connectivity index (χ3v) is 2.35. The molecule has 2 rings (SSSR count). The molecule has 108 valence electrons. The van der Waals surface area contributed by atoms with Gasteiger partial charge >= 0.3 is 18.1 Å². The van der Waals surface area contributed by atoms with Gasteiger partial charge in [-0.15, -0.1) is 5.10 Å². The number of alkyl halides is 5. The minimum absolute atomic E-state index is 0.202. The van der Waals surface area contributed by atoms with Crippen LogP contribution < -0.4 is 0 Å². The topological polar surface area (TPSA) is 78.5 Å². The second-order valence-corrected chi connectivity index (χ2v) is 4.02. The Labute approximate surface area is 114 Å². The first-order chi connectivity index (χ1) is 9.14. The van der Waals surface area contributed by atoms with Gasteiger partial charge in [0.15, 0.2) is 0 Å². The number of halogens is 6. The molecule has 0 aliphatic rings. The minimum Gasteiger partial charge on any atom is -0.243 e. The molecule has 0 spiro atoms. The second kappa shape index (κ2) is 4.57. The van der Waals surface area contributed by atoms with Gasteiger partial charge < -0.3 is 0 Å². The predicted molar refractivity (Wildman–Crippen MR) is 53.9 cm³/mol. The Morgan fingerprint density at radius 3 is 2.40 bits per heavy atom. The van der Waals surface area contributed by atoms with Crippen LogP contribution in [0.15, 0.2) is 17.4 Å². The van der Waals surface area contributed by atoms with Crippen LogP contribution in [0.3, 0.4) is 0 Å².